The lowest BCUT2D eigenvalue weighted by molar-refractivity contribution is 0.697. The van der Waals surface area contributed by atoms with Crippen LogP contribution in [-0.2, 0) is 13.0 Å². The summed E-state index contributed by atoms with van der Waals surface area (Å²) in [7, 11) is 0. The van der Waals surface area contributed by atoms with Crippen LogP contribution in [-0.4, -0.2) is 26.5 Å². The molecule has 4 rings (SSSR count). The molecule has 0 spiro atoms. The Balaban J connectivity index is 1.69. The second-order valence-electron chi connectivity index (χ2n) is 6.70. The molecule has 0 saturated carbocycles. The van der Waals surface area contributed by atoms with Gasteiger partial charge >= 0.3 is 0 Å². The Hall–Kier alpha value is -2.53. The van der Waals surface area contributed by atoms with E-state index < -0.39 is 0 Å². The van der Waals surface area contributed by atoms with Gasteiger partial charge in [0.1, 0.15) is 16.8 Å². The van der Waals surface area contributed by atoms with E-state index in [1.807, 2.05) is 39.2 Å². The molecule has 1 aliphatic heterocycles. The fourth-order valence-corrected chi connectivity index (χ4v) is 3.58. The fourth-order valence-electron chi connectivity index (χ4n) is 3.38. The van der Waals surface area contributed by atoms with Gasteiger partial charge in [-0.25, -0.2) is 9.97 Å². The van der Waals surface area contributed by atoms with Crippen LogP contribution in [0, 0.1) is 20.8 Å². The van der Waals surface area contributed by atoms with Gasteiger partial charge in [0.25, 0.3) is 0 Å². The zero-order chi connectivity index (χ0) is 18.3. The highest BCUT2D eigenvalue weighted by molar-refractivity contribution is 6.30. The lowest BCUT2D eigenvalue weighted by Crippen LogP contribution is -2.32. The molecule has 0 aromatic carbocycles. The molecular formula is C20H20ClN5. The van der Waals surface area contributed by atoms with Crippen LogP contribution in [0.5, 0.6) is 0 Å². The number of fused-ring (bicyclic) bond motifs is 1. The van der Waals surface area contributed by atoms with Gasteiger partial charge in [0.05, 0.1) is 0 Å². The first-order chi connectivity index (χ1) is 12.5. The predicted molar refractivity (Wildman–Crippen MR) is 103 cm³/mol. The van der Waals surface area contributed by atoms with Crippen molar-refractivity contribution in [2.45, 2.75) is 33.7 Å². The number of rotatable bonds is 2. The zero-order valence-corrected chi connectivity index (χ0v) is 15.9. The molecule has 0 radical (unpaired) electrons. The van der Waals surface area contributed by atoms with Crippen molar-refractivity contribution in [3.63, 3.8) is 0 Å². The van der Waals surface area contributed by atoms with Crippen LogP contribution in [0.1, 0.15) is 28.3 Å². The van der Waals surface area contributed by atoms with E-state index in [9.17, 15) is 0 Å². The van der Waals surface area contributed by atoms with Crippen molar-refractivity contribution in [1.29, 1.82) is 0 Å². The first-order valence-corrected chi connectivity index (χ1v) is 9.05. The van der Waals surface area contributed by atoms with Crippen LogP contribution in [0.3, 0.4) is 0 Å². The van der Waals surface area contributed by atoms with Gasteiger partial charge in [-0.3, -0.25) is 9.97 Å². The molecule has 0 amide bonds. The van der Waals surface area contributed by atoms with Gasteiger partial charge in [0.2, 0.25) is 0 Å². The number of nitrogens with zero attached hydrogens (tertiary/aromatic N) is 5. The SMILES string of the molecule is Cc1cc(-c2cnc3c(c2)CN(c2nc(C)nc(Cl)c2C)CC3)ccn1. The highest BCUT2D eigenvalue weighted by Gasteiger charge is 2.22. The van der Waals surface area contributed by atoms with Gasteiger partial charge in [-0.15, -0.1) is 0 Å². The number of halogens is 1. The molecule has 0 atom stereocenters. The van der Waals surface area contributed by atoms with Crippen LogP contribution in [0.15, 0.2) is 30.6 Å². The lowest BCUT2D eigenvalue weighted by atomic mass is 10.00. The van der Waals surface area contributed by atoms with E-state index in [4.69, 9.17) is 16.6 Å². The quantitative estimate of drug-likeness (QED) is 0.640. The number of hydrogen-bond acceptors (Lipinski definition) is 5. The summed E-state index contributed by atoms with van der Waals surface area (Å²) >= 11 is 6.26. The van der Waals surface area contributed by atoms with Gasteiger partial charge in [0.15, 0.2) is 0 Å². The number of hydrogen-bond donors (Lipinski definition) is 0. The predicted octanol–water partition coefficient (Wildman–Crippen LogP) is 4.07. The number of aromatic nitrogens is 4. The number of aryl methyl sites for hydroxylation is 2. The minimum absolute atomic E-state index is 0.525. The van der Waals surface area contributed by atoms with Crippen LogP contribution < -0.4 is 4.90 Å². The largest absolute Gasteiger partial charge is 0.351 e. The molecule has 3 aromatic heterocycles. The highest BCUT2D eigenvalue weighted by Crippen LogP contribution is 2.30. The van der Waals surface area contributed by atoms with E-state index in [1.165, 1.54) is 5.56 Å². The molecular weight excluding hydrogens is 346 g/mol. The van der Waals surface area contributed by atoms with E-state index in [1.54, 1.807) is 0 Å². The third-order valence-corrected chi connectivity index (χ3v) is 5.11. The van der Waals surface area contributed by atoms with Gasteiger partial charge in [-0.2, -0.15) is 0 Å². The van der Waals surface area contributed by atoms with Crippen molar-refractivity contribution in [3.05, 3.63) is 64.1 Å². The van der Waals surface area contributed by atoms with Crippen molar-refractivity contribution in [2.24, 2.45) is 0 Å². The zero-order valence-electron chi connectivity index (χ0n) is 15.1. The minimum atomic E-state index is 0.525. The average Bonchev–Trinajstić information content (AvgIpc) is 2.64. The first kappa shape index (κ1) is 16.9. The summed E-state index contributed by atoms with van der Waals surface area (Å²) in [5, 5.41) is 0.525. The van der Waals surface area contributed by atoms with Crippen LogP contribution in [0.2, 0.25) is 5.15 Å². The standard InChI is InChI=1S/C20H20ClN5/c1-12-8-15(4-6-22-12)16-9-17-11-26(7-5-18(17)23-10-16)20-13(2)19(21)24-14(3)25-20/h4,6,8-10H,5,7,11H2,1-3H3. The van der Waals surface area contributed by atoms with Gasteiger partial charge in [-0.1, -0.05) is 11.6 Å². The molecule has 0 aliphatic carbocycles. The lowest BCUT2D eigenvalue weighted by Gasteiger charge is -2.30. The third-order valence-electron chi connectivity index (χ3n) is 4.74. The number of pyridine rings is 2. The van der Waals surface area contributed by atoms with Crippen molar-refractivity contribution in [2.75, 3.05) is 11.4 Å². The highest BCUT2D eigenvalue weighted by atomic mass is 35.5. The van der Waals surface area contributed by atoms with Crippen LogP contribution in [0.4, 0.5) is 5.82 Å². The molecule has 0 N–H and O–H groups in total. The maximum Gasteiger partial charge on any atom is 0.137 e. The van der Waals surface area contributed by atoms with E-state index in [0.717, 1.165) is 53.4 Å². The Morgan fingerprint density at radius 2 is 1.88 bits per heavy atom. The van der Waals surface area contributed by atoms with Crippen molar-refractivity contribution < 1.29 is 0 Å². The summed E-state index contributed by atoms with van der Waals surface area (Å²) in [6.07, 6.45) is 4.69. The summed E-state index contributed by atoms with van der Waals surface area (Å²) in [5.74, 6) is 1.61. The smallest absolute Gasteiger partial charge is 0.137 e. The van der Waals surface area contributed by atoms with Crippen molar-refractivity contribution >= 4 is 17.4 Å². The summed E-state index contributed by atoms with van der Waals surface area (Å²) in [4.78, 5) is 20.1. The summed E-state index contributed by atoms with van der Waals surface area (Å²) in [6.45, 7) is 7.50. The van der Waals surface area contributed by atoms with E-state index in [-0.39, 0.29) is 0 Å². The van der Waals surface area contributed by atoms with E-state index in [2.05, 4.69) is 32.0 Å². The molecule has 1 aliphatic rings. The second kappa shape index (κ2) is 6.65. The molecule has 26 heavy (non-hydrogen) atoms. The molecule has 0 unspecified atom stereocenters. The Morgan fingerprint density at radius 1 is 1.04 bits per heavy atom. The normalized spacial score (nSPS) is 13.6. The summed E-state index contributed by atoms with van der Waals surface area (Å²) < 4.78 is 0. The molecule has 3 aromatic rings. The van der Waals surface area contributed by atoms with Crippen LogP contribution in [0.25, 0.3) is 11.1 Å². The third kappa shape index (κ3) is 3.15. The topological polar surface area (TPSA) is 54.8 Å². The molecule has 0 fully saturated rings. The average molecular weight is 366 g/mol. The second-order valence-corrected chi connectivity index (χ2v) is 7.06. The van der Waals surface area contributed by atoms with E-state index >= 15 is 0 Å². The van der Waals surface area contributed by atoms with Gasteiger partial charge < -0.3 is 4.90 Å². The molecule has 0 bridgehead atoms. The summed E-state index contributed by atoms with van der Waals surface area (Å²) in [5.41, 5.74) is 6.57. The first-order valence-electron chi connectivity index (χ1n) is 8.68. The van der Waals surface area contributed by atoms with Crippen molar-refractivity contribution in [1.82, 2.24) is 19.9 Å². The Bertz CT molecular complexity index is 986. The fraction of sp³-hybridized carbons (Fsp3) is 0.300. The van der Waals surface area contributed by atoms with Crippen LogP contribution >= 0.6 is 11.6 Å². The molecule has 132 valence electrons. The minimum Gasteiger partial charge on any atom is -0.351 e. The Morgan fingerprint density at radius 3 is 2.69 bits per heavy atom. The van der Waals surface area contributed by atoms with Crippen molar-refractivity contribution in [3.8, 4) is 11.1 Å². The summed E-state index contributed by atoms with van der Waals surface area (Å²) in [6, 6.07) is 6.34. The molecule has 5 nitrogen and oxygen atoms in total. The maximum absolute atomic E-state index is 6.26. The van der Waals surface area contributed by atoms with Gasteiger partial charge in [0, 0.05) is 54.4 Å². The Kier molecular flexibility index (Phi) is 4.32. The van der Waals surface area contributed by atoms with Gasteiger partial charge in [-0.05, 0) is 50.1 Å². The Labute approximate surface area is 158 Å². The molecule has 4 heterocycles. The van der Waals surface area contributed by atoms with E-state index in [0.29, 0.717) is 11.0 Å². The monoisotopic (exact) mass is 365 g/mol. The number of anilines is 1. The molecule has 0 saturated heterocycles. The molecule has 6 heteroatoms. The maximum atomic E-state index is 6.26.